The fraction of sp³-hybridized carbons (Fsp3) is 0.125. The second-order valence-corrected chi connectivity index (χ2v) is 5.92. The van der Waals surface area contributed by atoms with E-state index in [4.69, 9.17) is 21.1 Å². The van der Waals surface area contributed by atoms with Crippen molar-refractivity contribution in [1.29, 1.82) is 0 Å². The number of hydrogen-bond donors (Lipinski definition) is 2. The zero-order valence-electron chi connectivity index (χ0n) is 12.6. The maximum atomic E-state index is 11.7. The van der Waals surface area contributed by atoms with Crippen LogP contribution in [0.1, 0.15) is 0 Å². The molecule has 0 saturated heterocycles. The monoisotopic (exact) mass is 412 g/mol. The normalized spacial score (nSPS) is 9.96. The molecular formula is C16H14BrClN2O4. The van der Waals surface area contributed by atoms with E-state index in [0.717, 1.165) is 4.47 Å². The summed E-state index contributed by atoms with van der Waals surface area (Å²) in [6.07, 6.45) is 0. The van der Waals surface area contributed by atoms with E-state index < -0.39 is 11.9 Å². The second-order valence-electron chi connectivity index (χ2n) is 4.59. The van der Waals surface area contributed by atoms with Gasteiger partial charge in [0.25, 0.3) is 5.91 Å². The maximum Gasteiger partial charge on any atom is 0.325 e. The Labute approximate surface area is 152 Å². The van der Waals surface area contributed by atoms with Gasteiger partial charge in [0.05, 0.1) is 12.1 Å². The molecule has 2 aromatic rings. The number of benzene rings is 2. The van der Waals surface area contributed by atoms with Gasteiger partial charge in [-0.1, -0.05) is 27.5 Å². The number of anilines is 1. The number of methoxy groups -OCH3 is 1. The van der Waals surface area contributed by atoms with Gasteiger partial charge in [0.2, 0.25) is 0 Å². The van der Waals surface area contributed by atoms with Crippen LogP contribution in [0, 0.1) is 0 Å². The first kappa shape index (κ1) is 18.1. The lowest BCUT2D eigenvalue weighted by Gasteiger charge is -2.09. The van der Waals surface area contributed by atoms with Crippen molar-refractivity contribution in [3.8, 4) is 11.5 Å². The molecular weight excluding hydrogens is 400 g/mol. The summed E-state index contributed by atoms with van der Waals surface area (Å²) in [5.74, 6) is 0.419. The van der Waals surface area contributed by atoms with Gasteiger partial charge in [-0.15, -0.1) is 0 Å². The van der Waals surface area contributed by atoms with Crippen molar-refractivity contribution in [1.82, 2.24) is 5.32 Å². The summed E-state index contributed by atoms with van der Waals surface area (Å²) in [6.45, 7) is -0.336. The molecule has 2 aromatic carbocycles. The second kappa shape index (κ2) is 8.56. The van der Waals surface area contributed by atoms with Gasteiger partial charge >= 0.3 is 6.03 Å². The Kier molecular flexibility index (Phi) is 6.45. The highest BCUT2D eigenvalue weighted by Gasteiger charge is 2.10. The standard InChI is InChI=1S/C16H14BrClN2O4/c1-23-12-5-3-11(4-6-12)19-16(22)20-15(21)9-24-14-7-2-10(17)8-13(14)18/h2-8H,9H2,1H3,(H2,19,20,21,22). The topological polar surface area (TPSA) is 76.7 Å². The molecule has 0 unspecified atom stereocenters. The summed E-state index contributed by atoms with van der Waals surface area (Å²) >= 11 is 9.24. The van der Waals surface area contributed by atoms with Gasteiger partial charge in [0.15, 0.2) is 6.61 Å². The summed E-state index contributed by atoms with van der Waals surface area (Å²) in [5.41, 5.74) is 0.526. The molecule has 0 aliphatic heterocycles. The van der Waals surface area contributed by atoms with Crippen molar-refractivity contribution in [3.63, 3.8) is 0 Å². The van der Waals surface area contributed by atoms with Crippen LogP contribution in [0.5, 0.6) is 11.5 Å². The number of hydrogen-bond acceptors (Lipinski definition) is 4. The van der Waals surface area contributed by atoms with Crippen LogP contribution in [0.4, 0.5) is 10.5 Å². The predicted molar refractivity (Wildman–Crippen MR) is 94.8 cm³/mol. The summed E-state index contributed by atoms with van der Waals surface area (Å²) < 4.78 is 11.1. The average Bonchev–Trinajstić information content (AvgIpc) is 2.54. The summed E-state index contributed by atoms with van der Waals surface area (Å²) in [6, 6.07) is 11.0. The largest absolute Gasteiger partial charge is 0.497 e. The van der Waals surface area contributed by atoms with Crippen molar-refractivity contribution < 1.29 is 19.1 Å². The Balaban J connectivity index is 1.81. The number of halogens is 2. The lowest BCUT2D eigenvalue weighted by Crippen LogP contribution is -2.37. The van der Waals surface area contributed by atoms with E-state index in [2.05, 4.69) is 26.6 Å². The van der Waals surface area contributed by atoms with Crippen LogP contribution < -0.4 is 20.1 Å². The number of ether oxygens (including phenoxy) is 2. The first-order valence-corrected chi connectivity index (χ1v) is 7.98. The predicted octanol–water partition coefficient (Wildman–Crippen LogP) is 3.84. The minimum absolute atomic E-state index is 0.336. The lowest BCUT2D eigenvalue weighted by atomic mass is 10.3. The molecule has 8 heteroatoms. The van der Waals surface area contributed by atoms with Gasteiger partial charge in [-0.3, -0.25) is 10.1 Å². The van der Waals surface area contributed by atoms with Gasteiger partial charge in [-0.2, -0.15) is 0 Å². The fourth-order valence-corrected chi connectivity index (χ4v) is 2.46. The van der Waals surface area contributed by atoms with Crippen LogP contribution in [0.15, 0.2) is 46.9 Å². The number of imide groups is 1. The van der Waals surface area contributed by atoms with E-state index >= 15 is 0 Å². The number of nitrogens with one attached hydrogen (secondary N) is 2. The minimum atomic E-state index is -0.657. The van der Waals surface area contributed by atoms with Crippen molar-refractivity contribution in [2.45, 2.75) is 0 Å². The van der Waals surface area contributed by atoms with Crippen molar-refractivity contribution in [2.75, 3.05) is 19.0 Å². The molecule has 24 heavy (non-hydrogen) atoms. The molecule has 0 aliphatic carbocycles. The molecule has 0 aliphatic rings. The molecule has 2 N–H and O–H groups in total. The maximum absolute atomic E-state index is 11.7. The van der Waals surface area contributed by atoms with Crippen molar-refractivity contribution >= 4 is 45.2 Å². The van der Waals surface area contributed by atoms with E-state index in [9.17, 15) is 9.59 Å². The van der Waals surface area contributed by atoms with Crippen LogP contribution in [0.25, 0.3) is 0 Å². The van der Waals surface area contributed by atoms with Crippen LogP contribution in [0.2, 0.25) is 5.02 Å². The SMILES string of the molecule is COc1ccc(NC(=O)NC(=O)COc2ccc(Br)cc2Cl)cc1. The zero-order chi connectivity index (χ0) is 17.5. The van der Waals surface area contributed by atoms with Gasteiger partial charge in [0.1, 0.15) is 11.5 Å². The molecule has 0 heterocycles. The fourth-order valence-electron chi connectivity index (χ4n) is 1.73. The minimum Gasteiger partial charge on any atom is -0.497 e. The summed E-state index contributed by atoms with van der Waals surface area (Å²) in [7, 11) is 1.55. The van der Waals surface area contributed by atoms with Crippen LogP contribution >= 0.6 is 27.5 Å². The number of amides is 3. The third-order valence-electron chi connectivity index (χ3n) is 2.85. The molecule has 0 atom stereocenters. The van der Waals surface area contributed by atoms with E-state index in [-0.39, 0.29) is 6.61 Å². The van der Waals surface area contributed by atoms with Crippen LogP contribution in [-0.2, 0) is 4.79 Å². The highest BCUT2D eigenvalue weighted by molar-refractivity contribution is 9.10. The van der Waals surface area contributed by atoms with Gasteiger partial charge in [0, 0.05) is 10.2 Å². The highest BCUT2D eigenvalue weighted by Crippen LogP contribution is 2.27. The van der Waals surface area contributed by atoms with Gasteiger partial charge < -0.3 is 14.8 Å². The third-order valence-corrected chi connectivity index (χ3v) is 3.64. The number of carbonyl (C=O) groups excluding carboxylic acids is 2. The summed E-state index contributed by atoms with van der Waals surface area (Å²) in [5, 5.41) is 5.05. The van der Waals surface area contributed by atoms with Crippen LogP contribution in [0.3, 0.4) is 0 Å². The zero-order valence-corrected chi connectivity index (χ0v) is 15.0. The molecule has 0 spiro atoms. The molecule has 0 bridgehead atoms. The smallest absolute Gasteiger partial charge is 0.325 e. The highest BCUT2D eigenvalue weighted by atomic mass is 79.9. The lowest BCUT2D eigenvalue weighted by molar-refractivity contribution is -0.121. The third kappa shape index (κ3) is 5.43. The molecule has 6 nitrogen and oxygen atoms in total. The van der Waals surface area contributed by atoms with Crippen LogP contribution in [-0.4, -0.2) is 25.7 Å². The van der Waals surface area contributed by atoms with Crippen molar-refractivity contribution in [2.24, 2.45) is 0 Å². The van der Waals surface area contributed by atoms with Gasteiger partial charge in [-0.05, 0) is 42.5 Å². The Hall–Kier alpha value is -2.25. The molecule has 3 amide bonds. The average molecular weight is 414 g/mol. The van der Waals surface area contributed by atoms with E-state index in [1.165, 1.54) is 0 Å². The Morgan fingerprint density at radius 2 is 1.88 bits per heavy atom. The number of urea groups is 1. The quantitative estimate of drug-likeness (QED) is 0.781. The molecule has 126 valence electrons. The number of carbonyl (C=O) groups is 2. The van der Waals surface area contributed by atoms with Gasteiger partial charge in [-0.25, -0.2) is 4.79 Å². The summed E-state index contributed by atoms with van der Waals surface area (Å²) in [4.78, 5) is 23.5. The Morgan fingerprint density at radius 3 is 2.50 bits per heavy atom. The Bertz CT molecular complexity index is 737. The molecule has 2 rings (SSSR count). The van der Waals surface area contributed by atoms with E-state index in [0.29, 0.717) is 22.2 Å². The molecule has 0 radical (unpaired) electrons. The molecule has 0 fully saturated rings. The Morgan fingerprint density at radius 1 is 1.17 bits per heavy atom. The van der Waals surface area contributed by atoms with Crippen molar-refractivity contribution in [3.05, 3.63) is 52.0 Å². The first-order chi connectivity index (χ1) is 11.5. The molecule has 0 saturated carbocycles. The molecule has 0 aromatic heterocycles. The first-order valence-electron chi connectivity index (χ1n) is 6.80. The number of rotatable bonds is 5. The van der Waals surface area contributed by atoms with E-state index in [1.807, 2.05) is 0 Å². The van der Waals surface area contributed by atoms with E-state index in [1.54, 1.807) is 49.6 Å².